The molecule has 0 aliphatic heterocycles. The molecule has 0 unspecified atom stereocenters. The second-order valence-corrected chi connectivity index (χ2v) is 8.27. The Hall–Kier alpha value is -3.39. The molecule has 1 fully saturated rings. The molecule has 168 valence electrons. The van der Waals surface area contributed by atoms with Crippen LogP contribution >= 0.6 is 0 Å². The molecule has 2 N–H and O–H groups in total. The fourth-order valence-electron chi connectivity index (χ4n) is 4.43. The van der Waals surface area contributed by atoms with Crippen molar-refractivity contribution in [1.82, 2.24) is 10.4 Å². The van der Waals surface area contributed by atoms with Crippen LogP contribution in [0.15, 0.2) is 48.5 Å². The maximum Gasteiger partial charge on any atom is 0.407 e. The number of amides is 2. The Kier molecular flexibility index (Phi) is 6.41. The molecule has 8 nitrogen and oxygen atoms in total. The van der Waals surface area contributed by atoms with Gasteiger partial charge < -0.3 is 15.2 Å². The molecule has 2 aromatic rings. The first-order valence-corrected chi connectivity index (χ1v) is 10.6. The van der Waals surface area contributed by atoms with E-state index >= 15 is 0 Å². The number of ether oxygens (including phenoxy) is 1. The van der Waals surface area contributed by atoms with Gasteiger partial charge in [-0.3, -0.25) is 9.63 Å². The number of nitrogens with zero attached hydrogens (tertiary/aromatic N) is 1. The third-order valence-electron chi connectivity index (χ3n) is 6.10. The van der Waals surface area contributed by atoms with E-state index in [0.717, 1.165) is 16.2 Å². The van der Waals surface area contributed by atoms with E-state index < -0.39 is 18.7 Å². The molecule has 1 saturated carbocycles. The van der Waals surface area contributed by atoms with Crippen molar-refractivity contribution < 1.29 is 29.1 Å². The lowest BCUT2D eigenvalue weighted by Crippen LogP contribution is -2.46. The summed E-state index contributed by atoms with van der Waals surface area (Å²) in [6, 6.07) is 16.3. The van der Waals surface area contributed by atoms with Gasteiger partial charge in [0.15, 0.2) is 6.61 Å². The quantitative estimate of drug-likeness (QED) is 0.614. The summed E-state index contributed by atoms with van der Waals surface area (Å²) in [6.07, 6.45) is 1.13. The van der Waals surface area contributed by atoms with Crippen molar-refractivity contribution >= 4 is 18.0 Å². The number of hydrogen-bond donors (Lipinski definition) is 2. The molecular weight excluding hydrogens is 412 g/mol. The standard InChI is InChI=1S/C24H26N2O6/c1-26(32-14-23(28)29)22(27)12-15-10-16(11-15)25-24(30)31-13-21-19-8-4-2-6-17(19)18-7-3-5-9-20(18)21/h2-9,15-16,21H,10-14H2,1H3,(H,25,30)(H,28,29). The number of hydroxylamine groups is 2. The smallest absolute Gasteiger partial charge is 0.407 e. The van der Waals surface area contributed by atoms with Gasteiger partial charge in [-0.15, -0.1) is 0 Å². The van der Waals surface area contributed by atoms with E-state index in [1.165, 1.54) is 18.2 Å². The predicted octanol–water partition coefficient (Wildman–Crippen LogP) is 3.17. The average molecular weight is 438 g/mol. The first-order valence-electron chi connectivity index (χ1n) is 10.6. The van der Waals surface area contributed by atoms with E-state index in [2.05, 4.69) is 29.6 Å². The van der Waals surface area contributed by atoms with Gasteiger partial charge in [0.1, 0.15) is 6.61 Å². The van der Waals surface area contributed by atoms with Crippen molar-refractivity contribution in [2.24, 2.45) is 5.92 Å². The minimum Gasteiger partial charge on any atom is -0.479 e. The summed E-state index contributed by atoms with van der Waals surface area (Å²) in [5.74, 6) is -1.28. The number of carboxylic acid groups (broad SMARTS) is 1. The Morgan fingerprint density at radius 1 is 1.03 bits per heavy atom. The van der Waals surface area contributed by atoms with E-state index in [9.17, 15) is 14.4 Å². The summed E-state index contributed by atoms with van der Waals surface area (Å²) >= 11 is 0. The number of aliphatic carboxylic acids is 1. The van der Waals surface area contributed by atoms with Crippen LogP contribution in [0, 0.1) is 5.92 Å². The highest BCUT2D eigenvalue weighted by atomic mass is 16.7. The molecule has 2 amide bonds. The van der Waals surface area contributed by atoms with Gasteiger partial charge in [-0.1, -0.05) is 48.5 Å². The summed E-state index contributed by atoms with van der Waals surface area (Å²) in [5.41, 5.74) is 4.69. The minimum atomic E-state index is -1.14. The fraction of sp³-hybridized carbons (Fsp3) is 0.375. The largest absolute Gasteiger partial charge is 0.479 e. The second kappa shape index (κ2) is 9.40. The Bertz CT molecular complexity index is 972. The van der Waals surface area contributed by atoms with E-state index in [1.54, 1.807) is 0 Å². The molecule has 4 rings (SSSR count). The zero-order valence-corrected chi connectivity index (χ0v) is 17.8. The van der Waals surface area contributed by atoms with Crippen LogP contribution < -0.4 is 5.32 Å². The summed E-state index contributed by atoms with van der Waals surface area (Å²) in [6.45, 7) is -0.293. The van der Waals surface area contributed by atoms with Crippen molar-refractivity contribution in [3.05, 3.63) is 59.7 Å². The Labute approximate surface area is 186 Å². The van der Waals surface area contributed by atoms with Crippen LogP contribution in [-0.4, -0.2) is 54.4 Å². The fourth-order valence-corrected chi connectivity index (χ4v) is 4.43. The topological polar surface area (TPSA) is 105 Å². The van der Waals surface area contributed by atoms with E-state index in [-0.39, 0.29) is 36.8 Å². The molecule has 0 radical (unpaired) electrons. The molecule has 2 aliphatic carbocycles. The molecule has 0 bridgehead atoms. The average Bonchev–Trinajstić information content (AvgIpc) is 3.08. The van der Waals surface area contributed by atoms with Crippen molar-refractivity contribution in [3.8, 4) is 11.1 Å². The van der Waals surface area contributed by atoms with E-state index in [0.29, 0.717) is 12.8 Å². The minimum absolute atomic E-state index is 0.0150. The maximum absolute atomic E-state index is 12.3. The monoisotopic (exact) mass is 438 g/mol. The molecule has 2 aliphatic rings. The van der Waals surface area contributed by atoms with Crippen LogP contribution in [0.3, 0.4) is 0 Å². The van der Waals surface area contributed by atoms with Gasteiger partial charge in [0.25, 0.3) is 0 Å². The number of fused-ring (bicyclic) bond motifs is 3. The highest BCUT2D eigenvalue weighted by molar-refractivity contribution is 5.79. The molecule has 0 spiro atoms. The normalized spacial score (nSPS) is 18.8. The summed E-state index contributed by atoms with van der Waals surface area (Å²) in [5, 5.41) is 12.4. The number of benzene rings is 2. The van der Waals surface area contributed by atoms with Crippen LogP contribution in [0.4, 0.5) is 4.79 Å². The number of carboxylic acids is 1. The van der Waals surface area contributed by atoms with Gasteiger partial charge in [0, 0.05) is 25.4 Å². The molecule has 0 atom stereocenters. The first-order chi connectivity index (χ1) is 15.4. The predicted molar refractivity (Wildman–Crippen MR) is 116 cm³/mol. The van der Waals surface area contributed by atoms with Crippen LogP contribution in [-0.2, 0) is 19.2 Å². The second-order valence-electron chi connectivity index (χ2n) is 8.27. The number of carbonyl (C=O) groups excluding carboxylic acids is 2. The number of nitrogens with one attached hydrogen (secondary N) is 1. The van der Waals surface area contributed by atoms with Crippen LogP contribution in [0.5, 0.6) is 0 Å². The lowest BCUT2D eigenvalue weighted by molar-refractivity contribution is -0.187. The van der Waals surface area contributed by atoms with E-state index in [1.807, 2.05) is 24.3 Å². The van der Waals surface area contributed by atoms with Gasteiger partial charge >= 0.3 is 12.1 Å². The van der Waals surface area contributed by atoms with Gasteiger partial charge in [0.05, 0.1) is 0 Å². The van der Waals surface area contributed by atoms with Gasteiger partial charge in [-0.25, -0.2) is 14.7 Å². The Balaban J connectivity index is 1.22. The number of rotatable bonds is 8. The summed E-state index contributed by atoms with van der Waals surface area (Å²) in [4.78, 5) is 39.7. The third-order valence-corrected chi connectivity index (χ3v) is 6.10. The first kappa shape index (κ1) is 21.8. The zero-order valence-electron chi connectivity index (χ0n) is 17.8. The van der Waals surface area contributed by atoms with E-state index in [4.69, 9.17) is 14.7 Å². The molecule has 0 aromatic heterocycles. The van der Waals surface area contributed by atoms with Crippen molar-refractivity contribution in [1.29, 1.82) is 0 Å². The number of hydrogen-bond acceptors (Lipinski definition) is 5. The van der Waals surface area contributed by atoms with Gasteiger partial charge in [-0.2, -0.15) is 0 Å². The molecule has 32 heavy (non-hydrogen) atoms. The number of alkyl carbamates (subject to hydrolysis) is 1. The molecule has 8 heteroatoms. The number of carbonyl (C=O) groups is 3. The highest BCUT2D eigenvalue weighted by Crippen LogP contribution is 2.44. The van der Waals surface area contributed by atoms with Gasteiger partial charge in [-0.05, 0) is 41.0 Å². The van der Waals surface area contributed by atoms with Crippen molar-refractivity contribution in [2.75, 3.05) is 20.3 Å². The molecule has 0 heterocycles. The van der Waals surface area contributed by atoms with Crippen LogP contribution in [0.2, 0.25) is 0 Å². The molecular formula is C24H26N2O6. The lowest BCUT2D eigenvalue weighted by Gasteiger charge is -2.35. The van der Waals surface area contributed by atoms with Crippen LogP contribution in [0.1, 0.15) is 36.3 Å². The SMILES string of the molecule is CN(OCC(=O)O)C(=O)CC1CC(NC(=O)OCC2c3ccccc3-c3ccccc32)C1. The van der Waals surface area contributed by atoms with Crippen molar-refractivity contribution in [3.63, 3.8) is 0 Å². The van der Waals surface area contributed by atoms with Crippen LogP contribution in [0.25, 0.3) is 11.1 Å². The zero-order chi connectivity index (χ0) is 22.7. The lowest BCUT2D eigenvalue weighted by atomic mass is 9.78. The Morgan fingerprint density at radius 2 is 1.62 bits per heavy atom. The Morgan fingerprint density at radius 3 is 2.22 bits per heavy atom. The third kappa shape index (κ3) is 4.75. The van der Waals surface area contributed by atoms with Gasteiger partial charge in [0.2, 0.25) is 5.91 Å². The molecule has 0 saturated heterocycles. The summed E-state index contributed by atoms with van der Waals surface area (Å²) in [7, 11) is 1.40. The summed E-state index contributed by atoms with van der Waals surface area (Å²) < 4.78 is 5.55. The van der Waals surface area contributed by atoms with Crippen molar-refractivity contribution in [2.45, 2.75) is 31.2 Å². The highest BCUT2D eigenvalue weighted by Gasteiger charge is 2.34. The maximum atomic E-state index is 12.3. The molecule has 2 aromatic carbocycles.